The molecule has 29 heavy (non-hydrogen) atoms. The van der Waals surface area contributed by atoms with Crippen LogP contribution >= 0.6 is 11.6 Å². The lowest BCUT2D eigenvalue weighted by Crippen LogP contribution is -2.15. The summed E-state index contributed by atoms with van der Waals surface area (Å²) in [4.78, 5) is 16.4. The fourth-order valence-electron chi connectivity index (χ4n) is 2.74. The van der Waals surface area contributed by atoms with E-state index in [0.717, 1.165) is 0 Å². The van der Waals surface area contributed by atoms with E-state index in [4.69, 9.17) is 11.6 Å². The van der Waals surface area contributed by atoms with Crippen molar-refractivity contribution in [2.75, 3.05) is 0 Å². The van der Waals surface area contributed by atoms with Gasteiger partial charge in [-0.05, 0) is 24.3 Å². The Morgan fingerprint density at radius 1 is 1.03 bits per heavy atom. The molecule has 4 aromatic rings. The predicted molar refractivity (Wildman–Crippen MR) is 102 cm³/mol. The highest BCUT2D eigenvalue weighted by Crippen LogP contribution is 2.21. The third kappa shape index (κ3) is 3.99. The average Bonchev–Trinajstić information content (AvgIpc) is 3.18. The molecule has 7 nitrogen and oxygen atoms in total. The lowest BCUT2D eigenvalue weighted by atomic mass is 10.2. The van der Waals surface area contributed by atoms with Gasteiger partial charge in [0.15, 0.2) is 5.69 Å². The number of halogens is 3. The Morgan fingerprint density at radius 2 is 1.90 bits per heavy atom. The van der Waals surface area contributed by atoms with Crippen molar-refractivity contribution >= 4 is 11.6 Å². The molecular formula is C19H12ClF2N5O2. The van der Waals surface area contributed by atoms with Crippen molar-refractivity contribution in [3.8, 4) is 28.5 Å². The van der Waals surface area contributed by atoms with Crippen molar-refractivity contribution < 1.29 is 13.5 Å². The van der Waals surface area contributed by atoms with Crippen molar-refractivity contribution in [2.24, 2.45) is 0 Å². The maximum atomic E-state index is 12.5. The summed E-state index contributed by atoms with van der Waals surface area (Å²) in [5, 5.41) is 8.87. The second-order valence-corrected chi connectivity index (χ2v) is 6.20. The van der Waals surface area contributed by atoms with E-state index in [1.807, 2.05) is 0 Å². The van der Waals surface area contributed by atoms with Gasteiger partial charge in [-0.15, -0.1) is 0 Å². The van der Waals surface area contributed by atoms with Crippen LogP contribution in [0.3, 0.4) is 0 Å². The molecule has 0 N–H and O–H groups in total. The summed E-state index contributed by atoms with van der Waals surface area (Å²) >= 11 is 5.95. The summed E-state index contributed by atoms with van der Waals surface area (Å²) < 4.78 is 32.3. The minimum Gasteiger partial charge on any atom is -0.435 e. The van der Waals surface area contributed by atoms with Crippen LogP contribution in [0.25, 0.3) is 22.8 Å². The largest absolute Gasteiger partial charge is 0.435 e. The van der Waals surface area contributed by atoms with E-state index in [-0.39, 0.29) is 22.0 Å². The van der Waals surface area contributed by atoms with Crippen LogP contribution < -0.4 is 10.2 Å². The summed E-state index contributed by atoms with van der Waals surface area (Å²) in [6.45, 7) is -2.94. The Bertz CT molecular complexity index is 1220. The van der Waals surface area contributed by atoms with Crippen LogP contribution in [0.15, 0.2) is 71.9 Å². The van der Waals surface area contributed by atoms with Crippen LogP contribution in [-0.4, -0.2) is 31.2 Å². The Balaban J connectivity index is 1.79. The summed E-state index contributed by atoms with van der Waals surface area (Å²) in [7, 11) is 0. The third-order valence-electron chi connectivity index (χ3n) is 3.96. The van der Waals surface area contributed by atoms with Gasteiger partial charge in [-0.2, -0.15) is 19.0 Å². The van der Waals surface area contributed by atoms with Crippen LogP contribution in [0.5, 0.6) is 5.75 Å². The van der Waals surface area contributed by atoms with Gasteiger partial charge in [0.25, 0.3) is 0 Å². The second-order valence-electron chi connectivity index (χ2n) is 5.81. The van der Waals surface area contributed by atoms with Gasteiger partial charge in [0.2, 0.25) is 5.43 Å². The molecule has 3 aromatic heterocycles. The quantitative estimate of drug-likeness (QED) is 0.464. The topological polar surface area (TPSA) is 74.8 Å². The van der Waals surface area contributed by atoms with E-state index in [1.165, 1.54) is 46.2 Å². The molecule has 146 valence electrons. The van der Waals surface area contributed by atoms with E-state index in [9.17, 15) is 13.6 Å². The van der Waals surface area contributed by atoms with Crippen molar-refractivity contribution in [3.05, 3.63) is 82.5 Å². The van der Waals surface area contributed by atoms with E-state index < -0.39 is 6.61 Å². The molecule has 0 fully saturated rings. The molecule has 4 rings (SSSR count). The number of pyridine rings is 1. The third-order valence-corrected chi connectivity index (χ3v) is 4.16. The minimum absolute atomic E-state index is 0.0176. The first-order chi connectivity index (χ1) is 14.0. The average molecular weight is 416 g/mol. The van der Waals surface area contributed by atoms with Crippen LogP contribution in [0, 0.1) is 0 Å². The number of ether oxygens (including phenoxy) is 1. The first-order valence-electron chi connectivity index (χ1n) is 8.33. The Hall–Kier alpha value is -3.59. The van der Waals surface area contributed by atoms with Crippen LogP contribution in [0.1, 0.15) is 0 Å². The molecule has 1 aromatic carbocycles. The van der Waals surface area contributed by atoms with E-state index in [0.29, 0.717) is 17.1 Å². The Labute approximate surface area is 167 Å². The van der Waals surface area contributed by atoms with Gasteiger partial charge < -0.3 is 4.74 Å². The zero-order chi connectivity index (χ0) is 20.4. The molecule has 0 spiro atoms. The lowest BCUT2D eigenvalue weighted by Gasteiger charge is -2.11. The molecule has 0 aliphatic carbocycles. The van der Waals surface area contributed by atoms with Crippen LogP contribution in [-0.2, 0) is 0 Å². The zero-order valence-corrected chi connectivity index (χ0v) is 15.4. The molecule has 0 unspecified atom stereocenters. The molecule has 0 saturated carbocycles. The van der Waals surface area contributed by atoms with E-state index in [2.05, 4.69) is 19.9 Å². The standard InChI is InChI=1S/C19H12ClF2N5O2/c20-17-11-13(4-7-23-17)27-15(5-8-24-27)18-16(28)6-9-26(25-18)12-2-1-3-14(10-12)29-19(21)22/h1-11,19H. The number of hydrogen-bond donors (Lipinski definition) is 0. The van der Waals surface area contributed by atoms with Gasteiger partial charge in [-0.25, -0.2) is 14.3 Å². The fraction of sp³-hybridized carbons (Fsp3) is 0.0526. The maximum Gasteiger partial charge on any atom is 0.387 e. The number of benzene rings is 1. The van der Waals surface area contributed by atoms with E-state index in [1.54, 1.807) is 30.3 Å². The summed E-state index contributed by atoms with van der Waals surface area (Å²) in [6.07, 6.45) is 4.49. The zero-order valence-electron chi connectivity index (χ0n) is 14.6. The van der Waals surface area contributed by atoms with Crippen molar-refractivity contribution in [2.45, 2.75) is 6.61 Å². The highest BCUT2D eigenvalue weighted by atomic mass is 35.5. The monoisotopic (exact) mass is 415 g/mol. The molecule has 3 heterocycles. The number of aromatic nitrogens is 5. The van der Waals surface area contributed by atoms with Crippen LogP contribution in [0.4, 0.5) is 8.78 Å². The van der Waals surface area contributed by atoms with Gasteiger partial charge >= 0.3 is 6.61 Å². The van der Waals surface area contributed by atoms with Crippen molar-refractivity contribution in [3.63, 3.8) is 0 Å². The van der Waals surface area contributed by atoms with Crippen molar-refractivity contribution in [1.82, 2.24) is 24.5 Å². The normalized spacial score (nSPS) is 11.0. The summed E-state index contributed by atoms with van der Waals surface area (Å²) in [5.41, 5.74) is 1.28. The summed E-state index contributed by atoms with van der Waals surface area (Å²) in [5.74, 6) is -0.0176. The molecule has 0 amide bonds. The molecule has 0 radical (unpaired) electrons. The first kappa shape index (κ1) is 18.8. The molecule has 10 heteroatoms. The highest BCUT2D eigenvalue weighted by molar-refractivity contribution is 6.29. The highest BCUT2D eigenvalue weighted by Gasteiger charge is 2.14. The smallest absolute Gasteiger partial charge is 0.387 e. The van der Waals surface area contributed by atoms with E-state index >= 15 is 0 Å². The number of rotatable bonds is 5. The Morgan fingerprint density at radius 3 is 2.69 bits per heavy atom. The second kappa shape index (κ2) is 7.80. The molecule has 0 aliphatic rings. The van der Waals surface area contributed by atoms with Gasteiger partial charge in [0.05, 0.1) is 23.3 Å². The number of hydrogen-bond acceptors (Lipinski definition) is 5. The molecule has 0 bridgehead atoms. The SMILES string of the molecule is O=c1ccn(-c2cccc(OC(F)F)c2)nc1-c1ccnn1-c1ccnc(Cl)c1. The Kier molecular flexibility index (Phi) is 5.05. The first-order valence-corrected chi connectivity index (χ1v) is 8.70. The number of nitrogens with zero attached hydrogens (tertiary/aromatic N) is 5. The summed E-state index contributed by atoms with van der Waals surface area (Å²) in [6, 6.07) is 12.3. The fourth-order valence-corrected chi connectivity index (χ4v) is 2.91. The molecule has 0 aliphatic heterocycles. The lowest BCUT2D eigenvalue weighted by molar-refractivity contribution is -0.0498. The molecule has 0 saturated heterocycles. The molecule has 0 atom stereocenters. The van der Waals surface area contributed by atoms with Gasteiger partial charge in [0.1, 0.15) is 10.9 Å². The van der Waals surface area contributed by atoms with Gasteiger partial charge in [0, 0.05) is 30.6 Å². The van der Waals surface area contributed by atoms with Gasteiger partial charge in [-0.3, -0.25) is 4.79 Å². The number of alkyl halides is 2. The van der Waals surface area contributed by atoms with Crippen LogP contribution in [0.2, 0.25) is 5.15 Å². The predicted octanol–water partition coefficient (Wildman–Crippen LogP) is 3.74. The molecular weight excluding hydrogens is 404 g/mol. The van der Waals surface area contributed by atoms with Crippen molar-refractivity contribution in [1.29, 1.82) is 0 Å². The maximum absolute atomic E-state index is 12.5. The van der Waals surface area contributed by atoms with Gasteiger partial charge in [-0.1, -0.05) is 17.7 Å². The minimum atomic E-state index is -2.94.